The Morgan fingerprint density at radius 3 is 2.33 bits per heavy atom. The van der Waals surface area contributed by atoms with E-state index in [1.165, 1.54) is 12.1 Å². The van der Waals surface area contributed by atoms with E-state index >= 15 is 0 Å². The lowest BCUT2D eigenvalue weighted by atomic mass is 10.0. The molecule has 0 heterocycles. The Kier molecular flexibility index (Phi) is 6.30. The van der Waals surface area contributed by atoms with E-state index in [0.717, 1.165) is 18.4 Å². The number of aliphatic hydroxyl groups excluding tert-OH is 1. The maximum Gasteiger partial charge on any atom is 0.123 e. The number of hydrogen-bond acceptors (Lipinski definition) is 2. The molecule has 0 aliphatic heterocycles. The highest BCUT2D eigenvalue weighted by Crippen LogP contribution is 2.07. The van der Waals surface area contributed by atoms with Gasteiger partial charge in [-0.3, -0.25) is 0 Å². The molecule has 0 bridgehead atoms. The molecule has 0 saturated heterocycles. The minimum absolute atomic E-state index is 0.190. The summed E-state index contributed by atoms with van der Waals surface area (Å²) < 4.78 is 12.7. The van der Waals surface area contributed by atoms with Gasteiger partial charge in [0.15, 0.2) is 0 Å². The van der Waals surface area contributed by atoms with Gasteiger partial charge in [-0.15, -0.1) is 0 Å². The van der Waals surface area contributed by atoms with Crippen LogP contribution in [0.1, 0.15) is 32.8 Å². The number of rotatable bonds is 7. The van der Waals surface area contributed by atoms with E-state index in [9.17, 15) is 9.50 Å². The van der Waals surface area contributed by atoms with Gasteiger partial charge >= 0.3 is 0 Å². The van der Waals surface area contributed by atoms with Gasteiger partial charge in [0, 0.05) is 12.6 Å². The van der Waals surface area contributed by atoms with Gasteiger partial charge in [0.25, 0.3) is 0 Å². The Bertz CT molecular complexity index is 337. The van der Waals surface area contributed by atoms with Crippen molar-refractivity contribution in [2.75, 3.05) is 6.54 Å². The summed E-state index contributed by atoms with van der Waals surface area (Å²) in [7, 11) is 0. The fourth-order valence-corrected chi connectivity index (χ4v) is 1.69. The van der Waals surface area contributed by atoms with Crippen molar-refractivity contribution in [3.8, 4) is 0 Å². The fourth-order valence-electron chi connectivity index (χ4n) is 1.69. The highest BCUT2D eigenvalue weighted by Gasteiger charge is 2.10. The first-order chi connectivity index (χ1) is 8.49. The monoisotopic (exact) mass is 253 g/mol. The topological polar surface area (TPSA) is 32.3 Å². The molecule has 1 aromatic carbocycles. The van der Waals surface area contributed by atoms with Crippen LogP contribution >= 0.6 is 0 Å². The van der Waals surface area contributed by atoms with Gasteiger partial charge in [0.2, 0.25) is 0 Å². The smallest absolute Gasteiger partial charge is 0.123 e. The van der Waals surface area contributed by atoms with Crippen LogP contribution in [0.5, 0.6) is 0 Å². The highest BCUT2D eigenvalue weighted by molar-refractivity contribution is 5.16. The van der Waals surface area contributed by atoms with Crippen molar-refractivity contribution >= 4 is 0 Å². The van der Waals surface area contributed by atoms with Crippen molar-refractivity contribution in [2.45, 2.75) is 45.8 Å². The summed E-state index contributed by atoms with van der Waals surface area (Å²) in [5, 5.41) is 13.0. The Morgan fingerprint density at radius 1 is 1.17 bits per heavy atom. The second kappa shape index (κ2) is 7.49. The minimum atomic E-state index is -0.293. The molecule has 2 nitrogen and oxygen atoms in total. The van der Waals surface area contributed by atoms with E-state index in [1.807, 2.05) is 26.0 Å². The zero-order valence-corrected chi connectivity index (χ0v) is 11.5. The molecule has 1 aromatic rings. The molecule has 0 radical (unpaired) electrons. The molecule has 0 aliphatic carbocycles. The van der Waals surface area contributed by atoms with Crippen LogP contribution in [0.2, 0.25) is 0 Å². The van der Waals surface area contributed by atoms with Crippen molar-refractivity contribution in [3.05, 3.63) is 35.6 Å². The Morgan fingerprint density at radius 2 is 1.78 bits per heavy atom. The SMILES string of the molecule is CC(CCc1ccc(F)cc1)NCC(O)C(C)C. The minimum Gasteiger partial charge on any atom is -0.392 e. The molecule has 2 N–H and O–H groups in total. The Balaban J connectivity index is 2.24. The zero-order valence-electron chi connectivity index (χ0n) is 11.5. The molecule has 2 atom stereocenters. The van der Waals surface area contributed by atoms with Crippen LogP contribution < -0.4 is 5.32 Å². The molecule has 18 heavy (non-hydrogen) atoms. The molecule has 0 amide bonds. The number of benzene rings is 1. The van der Waals surface area contributed by atoms with Crippen LogP contribution in [0.15, 0.2) is 24.3 Å². The van der Waals surface area contributed by atoms with E-state index < -0.39 is 0 Å². The lowest BCUT2D eigenvalue weighted by Crippen LogP contribution is -2.36. The van der Waals surface area contributed by atoms with Crippen molar-refractivity contribution in [1.29, 1.82) is 0 Å². The lowest BCUT2D eigenvalue weighted by Gasteiger charge is -2.19. The molecule has 0 spiro atoms. The molecular weight excluding hydrogens is 229 g/mol. The average Bonchev–Trinajstić information content (AvgIpc) is 2.35. The number of hydrogen-bond donors (Lipinski definition) is 2. The van der Waals surface area contributed by atoms with E-state index in [1.54, 1.807) is 0 Å². The third kappa shape index (κ3) is 5.61. The number of aliphatic hydroxyl groups is 1. The number of halogens is 1. The van der Waals surface area contributed by atoms with Gasteiger partial charge < -0.3 is 10.4 Å². The molecular formula is C15H24FNO. The Labute approximate surface area is 109 Å². The van der Waals surface area contributed by atoms with Gasteiger partial charge in [-0.05, 0) is 43.4 Å². The summed E-state index contributed by atoms with van der Waals surface area (Å²) >= 11 is 0. The Hall–Kier alpha value is -0.930. The maximum atomic E-state index is 12.7. The predicted octanol–water partition coefficient (Wildman–Crippen LogP) is 2.75. The van der Waals surface area contributed by atoms with Crippen LogP contribution in [0.4, 0.5) is 4.39 Å². The van der Waals surface area contributed by atoms with E-state index in [2.05, 4.69) is 12.2 Å². The van der Waals surface area contributed by atoms with Crippen LogP contribution in [0.25, 0.3) is 0 Å². The van der Waals surface area contributed by atoms with Gasteiger partial charge in [-0.25, -0.2) is 4.39 Å². The number of nitrogens with one attached hydrogen (secondary N) is 1. The van der Waals surface area contributed by atoms with Crippen molar-refractivity contribution in [3.63, 3.8) is 0 Å². The second-order valence-electron chi connectivity index (χ2n) is 5.29. The first-order valence-electron chi connectivity index (χ1n) is 6.65. The largest absolute Gasteiger partial charge is 0.392 e. The van der Waals surface area contributed by atoms with Crippen molar-refractivity contribution < 1.29 is 9.50 Å². The lowest BCUT2D eigenvalue weighted by molar-refractivity contribution is 0.120. The van der Waals surface area contributed by atoms with Gasteiger partial charge in [-0.2, -0.15) is 0 Å². The highest BCUT2D eigenvalue weighted by atomic mass is 19.1. The maximum absolute atomic E-state index is 12.7. The quantitative estimate of drug-likeness (QED) is 0.783. The van der Waals surface area contributed by atoms with Gasteiger partial charge in [0.1, 0.15) is 5.82 Å². The van der Waals surface area contributed by atoms with Crippen molar-refractivity contribution in [1.82, 2.24) is 5.32 Å². The molecule has 3 heteroatoms. The van der Waals surface area contributed by atoms with Gasteiger partial charge in [0.05, 0.1) is 6.10 Å². The van der Waals surface area contributed by atoms with Gasteiger partial charge in [-0.1, -0.05) is 26.0 Å². The zero-order chi connectivity index (χ0) is 13.5. The standard InChI is InChI=1S/C15H24FNO/c1-11(2)15(18)10-17-12(3)4-5-13-6-8-14(16)9-7-13/h6-9,11-12,15,17-18H,4-5,10H2,1-3H3. The molecule has 2 unspecified atom stereocenters. The van der Waals surface area contributed by atoms with Crippen LogP contribution in [0, 0.1) is 11.7 Å². The molecule has 0 aromatic heterocycles. The summed E-state index contributed by atoms with van der Waals surface area (Å²) in [6.45, 7) is 6.75. The molecule has 102 valence electrons. The summed E-state index contributed by atoms with van der Waals surface area (Å²) in [5.74, 6) is 0.0896. The molecule has 0 fully saturated rings. The number of aryl methyl sites for hydroxylation is 1. The van der Waals surface area contributed by atoms with E-state index in [4.69, 9.17) is 0 Å². The van der Waals surface area contributed by atoms with E-state index in [-0.39, 0.29) is 17.8 Å². The summed E-state index contributed by atoms with van der Waals surface area (Å²) in [5.41, 5.74) is 1.15. The molecule has 1 rings (SSSR count). The van der Waals surface area contributed by atoms with E-state index in [0.29, 0.717) is 12.6 Å². The average molecular weight is 253 g/mol. The summed E-state index contributed by atoms with van der Waals surface area (Å²) in [6, 6.07) is 6.99. The van der Waals surface area contributed by atoms with Crippen LogP contribution in [-0.4, -0.2) is 23.8 Å². The fraction of sp³-hybridized carbons (Fsp3) is 0.600. The summed E-state index contributed by atoms with van der Waals surface area (Å²) in [6.07, 6.45) is 1.61. The second-order valence-corrected chi connectivity index (χ2v) is 5.29. The van der Waals surface area contributed by atoms with Crippen molar-refractivity contribution in [2.24, 2.45) is 5.92 Å². The molecule has 0 saturated carbocycles. The third-order valence-electron chi connectivity index (χ3n) is 3.22. The predicted molar refractivity (Wildman–Crippen MR) is 73.0 cm³/mol. The van der Waals surface area contributed by atoms with Crippen LogP contribution in [0.3, 0.4) is 0 Å². The summed E-state index contributed by atoms with van der Waals surface area (Å²) in [4.78, 5) is 0. The first kappa shape index (κ1) is 15.1. The first-order valence-corrected chi connectivity index (χ1v) is 6.65. The molecule has 0 aliphatic rings. The third-order valence-corrected chi connectivity index (χ3v) is 3.22. The van der Waals surface area contributed by atoms with Crippen LogP contribution in [-0.2, 0) is 6.42 Å². The normalized spacial score (nSPS) is 14.8.